The number of hydrogen-bond acceptors (Lipinski definition) is 6. The highest BCUT2D eigenvalue weighted by Crippen LogP contribution is 2.46. The highest BCUT2D eigenvalue weighted by atomic mass is 16.5. The molecule has 0 saturated heterocycles. The molecule has 0 bridgehead atoms. The van der Waals surface area contributed by atoms with Crippen molar-refractivity contribution >= 4 is 38.0 Å². The third kappa shape index (κ3) is 13.0. The molecular formula is C48H73NO5. The zero-order valence-electron chi connectivity index (χ0n) is 34.8. The van der Waals surface area contributed by atoms with Crippen molar-refractivity contribution in [3.63, 3.8) is 0 Å². The van der Waals surface area contributed by atoms with Gasteiger partial charge in [-0.25, -0.2) is 0 Å². The van der Waals surface area contributed by atoms with Crippen molar-refractivity contribution in [3.05, 3.63) is 36.4 Å². The van der Waals surface area contributed by atoms with Gasteiger partial charge in [0.05, 0.1) is 38.7 Å². The lowest BCUT2D eigenvalue weighted by molar-refractivity contribution is 0.259. The van der Waals surface area contributed by atoms with Gasteiger partial charge in [-0.05, 0) is 101 Å². The number of anilines is 1. The monoisotopic (exact) mass is 744 g/mol. The summed E-state index contributed by atoms with van der Waals surface area (Å²) in [5.74, 6) is 3.93. The zero-order chi connectivity index (χ0) is 38.4. The SMILES string of the molecule is CCCCCCOc1cc2c(cc1N)c1cc(OCCCCCC)c(OCCCCCC)cc1c1cc(OCCCCCC)c(OCCCCCC)cc21. The van der Waals surface area contributed by atoms with E-state index in [9.17, 15) is 0 Å². The first-order chi connectivity index (χ1) is 26.6. The van der Waals surface area contributed by atoms with Gasteiger partial charge in [0.2, 0.25) is 0 Å². The summed E-state index contributed by atoms with van der Waals surface area (Å²) < 4.78 is 32.6. The maximum absolute atomic E-state index is 6.79. The summed E-state index contributed by atoms with van der Waals surface area (Å²) >= 11 is 0. The molecule has 0 spiro atoms. The van der Waals surface area contributed by atoms with Gasteiger partial charge in [-0.1, -0.05) is 131 Å². The van der Waals surface area contributed by atoms with E-state index in [0.29, 0.717) is 38.7 Å². The molecule has 0 radical (unpaired) electrons. The molecule has 0 aromatic heterocycles. The molecular weight excluding hydrogens is 671 g/mol. The van der Waals surface area contributed by atoms with Crippen LogP contribution in [0.5, 0.6) is 28.7 Å². The Morgan fingerprint density at radius 1 is 0.296 bits per heavy atom. The van der Waals surface area contributed by atoms with E-state index in [1.165, 1.54) is 64.2 Å². The molecule has 0 unspecified atom stereocenters. The Morgan fingerprint density at radius 3 is 0.778 bits per heavy atom. The number of benzene rings is 4. The minimum atomic E-state index is 0.649. The molecule has 54 heavy (non-hydrogen) atoms. The third-order valence-corrected chi connectivity index (χ3v) is 10.5. The minimum absolute atomic E-state index is 0.649. The van der Waals surface area contributed by atoms with E-state index in [4.69, 9.17) is 29.4 Å². The molecule has 0 amide bonds. The predicted molar refractivity (Wildman–Crippen MR) is 232 cm³/mol. The standard InChI is InChI=1S/C48H73NO5/c1-6-11-16-21-26-50-44-32-38-37(31-43(44)49)39-33-45(51-27-22-17-12-7-2)47(53-29-24-19-14-9-4)35-41(39)42-36-48(54-30-25-20-15-10-5)46(34-40(38)42)52-28-23-18-13-8-3/h31-36H,6-30,49H2,1-5H3. The van der Waals surface area contributed by atoms with E-state index in [-0.39, 0.29) is 0 Å². The van der Waals surface area contributed by atoms with Gasteiger partial charge in [0.25, 0.3) is 0 Å². The molecule has 4 aromatic rings. The van der Waals surface area contributed by atoms with Gasteiger partial charge in [0, 0.05) is 0 Å². The smallest absolute Gasteiger partial charge is 0.161 e. The van der Waals surface area contributed by atoms with Crippen LogP contribution in [0.4, 0.5) is 5.69 Å². The second kappa shape index (κ2) is 24.8. The van der Waals surface area contributed by atoms with Crippen LogP contribution < -0.4 is 29.4 Å². The lowest BCUT2D eigenvalue weighted by Crippen LogP contribution is -2.04. The van der Waals surface area contributed by atoms with Gasteiger partial charge in [-0.2, -0.15) is 0 Å². The molecule has 0 fully saturated rings. The van der Waals surface area contributed by atoms with E-state index in [2.05, 4.69) is 71.0 Å². The average Bonchev–Trinajstić information content (AvgIpc) is 3.18. The first-order valence-corrected chi connectivity index (χ1v) is 22.0. The van der Waals surface area contributed by atoms with Crippen molar-refractivity contribution in [2.75, 3.05) is 38.8 Å². The van der Waals surface area contributed by atoms with Crippen LogP contribution in [-0.2, 0) is 0 Å². The fraction of sp³-hybridized carbons (Fsp3) is 0.625. The van der Waals surface area contributed by atoms with Gasteiger partial charge in [-0.3, -0.25) is 0 Å². The van der Waals surface area contributed by atoms with Gasteiger partial charge >= 0.3 is 0 Å². The lowest BCUT2D eigenvalue weighted by atomic mass is 9.93. The second-order valence-electron chi connectivity index (χ2n) is 15.2. The normalized spacial score (nSPS) is 11.5. The number of fused-ring (bicyclic) bond motifs is 6. The number of unbranched alkanes of at least 4 members (excludes halogenated alkanes) is 15. The van der Waals surface area contributed by atoms with E-state index >= 15 is 0 Å². The van der Waals surface area contributed by atoms with Crippen molar-refractivity contribution in [1.82, 2.24) is 0 Å². The minimum Gasteiger partial charge on any atom is -0.491 e. The highest BCUT2D eigenvalue weighted by molar-refractivity contribution is 6.27. The molecule has 4 aromatic carbocycles. The van der Waals surface area contributed by atoms with Gasteiger partial charge in [0.1, 0.15) is 5.75 Å². The van der Waals surface area contributed by atoms with Crippen LogP contribution in [0.2, 0.25) is 0 Å². The Balaban J connectivity index is 1.89. The second-order valence-corrected chi connectivity index (χ2v) is 15.2. The summed E-state index contributed by atoms with van der Waals surface area (Å²) in [5, 5.41) is 6.53. The van der Waals surface area contributed by atoms with E-state index in [1.54, 1.807) is 0 Å². The molecule has 6 heteroatoms. The largest absolute Gasteiger partial charge is 0.491 e. The lowest BCUT2D eigenvalue weighted by Gasteiger charge is -2.20. The molecule has 0 aliphatic heterocycles. The molecule has 0 heterocycles. The van der Waals surface area contributed by atoms with Crippen molar-refractivity contribution in [2.45, 2.75) is 163 Å². The molecule has 4 rings (SSSR count). The fourth-order valence-corrected chi connectivity index (χ4v) is 7.18. The molecule has 2 N–H and O–H groups in total. The summed E-state index contributed by atoms with van der Waals surface area (Å²) in [6.45, 7) is 14.5. The maximum Gasteiger partial charge on any atom is 0.161 e. The quantitative estimate of drug-likeness (QED) is 0.0326. The van der Waals surface area contributed by atoms with Crippen LogP contribution in [0.15, 0.2) is 36.4 Å². The Morgan fingerprint density at radius 2 is 0.519 bits per heavy atom. The molecule has 0 saturated carbocycles. The van der Waals surface area contributed by atoms with E-state index in [1.807, 2.05) is 0 Å². The van der Waals surface area contributed by atoms with E-state index < -0.39 is 0 Å². The summed E-state index contributed by atoms with van der Waals surface area (Å²) in [6, 6.07) is 13.0. The molecule has 0 aliphatic rings. The van der Waals surface area contributed by atoms with Crippen molar-refractivity contribution in [1.29, 1.82) is 0 Å². The highest BCUT2D eigenvalue weighted by Gasteiger charge is 2.19. The van der Waals surface area contributed by atoms with Crippen molar-refractivity contribution < 1.29 is 23.7 Å². The third-order valence-electron chi connectivity index (χ3n) is 10.5. The summed E-state index contributed by atoms with van der Waals surface area (Å²) in [5.41, 5.74) is 7.44. The van der Waals surface area contributed by atoms with Crippen LogP contribution in [0.25, 0.3) is 32.3 Å². The number of ether oxygens (including phenoxy) is 5. The fourth-order valence-electron chi connectivity index (χ4n) is 7.18. The van der Waals surface area contributed by atoms with Crippen LogP contribution >= 0.6 is 0 Å². The molecule has 0 atom stereocenters. The molecule has 6 nitrogen and oxygen atoms in total. The van der Waals surface area contributed by atoms with Crippen LogP contribution in [0, 0.1) is 0 Å². The van der Waals surface area contributed by atoms with Gasteiger partial charge in [-0.15, -0.1) is 0 Å². The molecule has 0 aliphatic carbocycles. The predicted octanol–water partition coefficient (Wildman–Crippen LogP) is 14.5. The summed E-state index contributed by atoms with van der Waals surface area (Å²) in [7, 11) is 0. The average molecular weight is 744 g/mol. The topological polar surface area (TPSA) is 72.2 Å². The number of rotatable bonds is 30. The van der Waals surface area contributed by atoms with E-state index in [0.717, 1.165) is 125 Å². The van der Waals surface area contributed by atoms with Gasteiger partial charge < -0.3 is 29.4 Å². The number of hydrogen-bond donors (Lipinski definition) is 1. The van der Waals surface area contributed by atoms with Crippen LogP contribution in [0.1, 0.15) is 163 Å². The number of nitrogens with two attached hydrogens (primary N) is 1. The van der Waals surface area contributed by atoms with Crippen LogP contribution in [-0.4, -0.2) is 33.0 Å². The first kappa shape index (κ1) is 43.2. The van der Waals surface area contributed by atoms with Crippen LogP contribution in [0.3, 0.4) is 0 Å². The first-order valence-electron chi connectivity index (χ1n) is 22.0. The Bertz CT molecular complexity index is 1620. The Labute approximate surface area is 327 Å². The van der Waals surface area contributed by atoms with Crippen molar-refractivity contribution in [3.8, 4) is 28.7 Å². The zero-order valence-corrected chi connectivity index (χ0v) is 34.8. The Hall–Kier alpha value is -3.54. The summed E-state index contributed by atoms with van der Waals surface area (Å²) in [6.07, 6.45) is 23.0. The Kier molecular flexibility index (Phi) is 19.8. The molecule has 300 valence electrons. The van der Waals surface area contributed by atoms with Crippen molar-refractivity contribution in [2.24, 2.45) is 0 Å². The maximum atomic E-state index is 6.79. The number of nitrogen functional groups attached to an aromatic ring is 1. The van der Waals surface area contributed by atoms with Gasteiger partial charge in [0.15, 0.2) is 23.0 Å². The summed E-state index contributed by atoms with van der Waals surface area (Å²) in [4.78, 5) is 0.